The third kappa shape index (κ3) is 3.21. The van der Waals surface area contributed by atoms with Gasteiger partial charge in [0.1, 0.15) is 0 Å². The maximum Gasteiger partial charge on any atom is 0.171 e. The Labute approximate surface area is 171 Å². The second-order valence-corrected chi connectivity index (χ2v) is 8.12. The largest absolute Gasteiger partial charge is 0.293 e. The maximum atomic E-state index is 13.3. The van der Waals surface area contributed by atoms with Crippen LogP contribution in [-0.4, -0.2) is 17.7 Å². The van der Waals surface area contributed by atoms with E-state index in [-0.39, 0.29) is 17.1 Å². The second-order valence-electron chi connectivity index (χ2n) is 8.12. The summed E-state index contributed by atoms with van der Waals surface area (Å²) in [6.07, 6.45) is 13.1. The Morgan fingerprint density at radius 2 is 1.79 bits per heavy atom. The van der Waals surface area contributed by atoms with Crippen LogP contribution in [0.4, 0.5) is 0 Å². The smallest absolute Gasteiger partial charge is 0.171 e. The minimum atomic E-state index is -0.258. The van der Waals surface area contributed by atoms with Crippen molar-refractivity contribution < 1.29 is 4.79 Å². The first-order chi connectivity index (χ1) is 14.3. The van der Waals surface area contributed by atoms with E-state index in [1.54, 1.807) is 0 Å². The molecule has 0 fully saturated rings. The predicted molar refractivity (Wildman–Crippen MR) is 118 cm³/mol. The van der Waals surface area contributed by atoms with Gasteiger partial charge in [0.25, 0.3) is 0 Å². The summed E-state index contributed by atoms with van der Waals surface area (Å²) in [6, 6.07) is 18.2. The summed E-state index contributed by atoms with van der Waals surface area (Å²) in [5.41, 5.74) is 5.16. The van der Waals surface area contributed by atoms with Gasteiger partial charge in [-0.1, -0.05) is 66.7 Å². The SMILES string of the molecule is O=C(c1ccc(-c2ccccc2)cc1)C1C=NC2=CCCCC23CC=CN=C3C1. The molecule has 3 nitrogen and oxygen atoms in total. The van der Waals surface area contributed by atoms with Gasteiger partial charge in [-0.05, 0) is 36.8 Å². The van der Waals surface area contributed by atoms with E-state index in [4.69, 9.17) is 9.98 Å². The molecule has 0 bridgehead atoms. The summed E-state index contributed by atoms with van der Waals surface area (Å²) in [7, 11) is 0. The van der Waals surface area contributed by atoms with Crippen molar-refractivity contribution in [2.45, 2.75) is 32.1 Å². The highest BCUT2D eigenvalue weighted by Crippen LogP contribution is 2.47. The van der Waals surface area contributed by atoms with Crippen molar-refractivity contribution in [2.24, 2.45) is 21.3 Å². The number of allylic oxidation sites excluding steroid dienone is 3. The van der Waals surface area contributed by atoms with Crippen molar-refractivity contribution >= 4 is 17.7 Å². The molecule has 0 saturated carbocycles. The fourth-order valence-electron chi connectivity index (χ4n) is 4.79. The Morgan fingerprint density at radius 1 is 1.00 bits per heavy atom. The van der Waals surface area contributed by atoms with E-state index in [0.717, 1.165) is 53.8 Å². The number of Topliss-reactive ketones (excluding diaryl/α,β-unsaturated/α-hetero) is 1. The van der Waals surface area contributed by atoms with Crippen LogP contribution in [0.25, 0.3) is 11.1 Å². The molecule has 0 radical (unpaired) electrons. The van der Waals surface area contributed by atoms with E-state index in [1.165, 1.54) is 0 Å². The van der Waals surface area contributed by atoms with E-state index in [9.17, 15) is 4.79 Å². The number of carbonyl (C=O) groups excluding carboxylic acids is 1. The van der Waals surface area contributed by atoms with Gasteiger partial charge in [-0.2, -0.15) is 0 Å². The van der Waals surface area contributed by atoms with E-state index >= 15 is 0 Å². The molecule has 1 aliphatic carbocycles. The summed E-state index contributed by atoms with van der Waals surface area (Å²) in [6.45, 7) is 0. The fraction of sp³-hybridized carbons (Fsp3) is 0.269. The number of aliphatic imine (C=N–C) groups is 2. The molecule has 0 N–H and O–H groups in total. The van der Waals surface area contributed by atoms with Crippen molar-refractivity contribution in [1.29, 1.82) is 0 Å². The number of rotatable bonds is 3. The highest BCUT2D eigenvalue weighted by atomic mass is 16.1. The summed E-state index contributed by atoms with van der Waals surface area (Å²) < 4.78 is 0. The zero-order valence-electron chi connectivity index (χ0n) is 16.4. The Balaban J connectivity index is 1.43. The number of carbonyl (C=O) groups is 1. The zero-order valence-corrected chi connectivity index (χ0v) is 16.4. The van der Waals surface area contributed by atoms with E-state index in [2.05, 4.69) is 24.3 Å². The Kier molecular flexibility index (Phi) is 4.59. The van der Waals surface area contributed by atoms with Gasteiger partial charge >= 0.3 is 0 Å². The van der Waals surface area contributed by atoms with E-state index in [1.807, 2.05) is 54.9 Å². The lowest BCUT2D eigenvalue weighted by Gasteiger charge is -2.38. The van der Waals surface area contributed by atoms with Gasteiger partial charge in [-0.3, -0.25) is 14.8 Å². The standard InChI is InChI=1S/C26H24N2O/c29-25(21-12-10-20(11-13-21)19-7-2-1-3-8-19)22-17-24-26(15-6-16-27-24)14-5-4-9-23(26)28-18-22/h1-3,6-13,16,18,22H,4-5,14-15,17H2. The van der Waals surface area contributed by atoms with Crippen LogP contribution in [0.1, 0.15) is 42.5 Å². The van der Waals surface area contributed by atoms with Crippen molar-refractivity contribution in [3.05, 3.63) is 84.2 Å². The van der Waals surface area contributed by atoms with E-state index < -0.39 is 0 Å². The second kappa shape index (κ2) is 7.40. The van der Waals surface area contributed by atoms with Crippen molar-refractivity contribution in [3.63, 3.8) is 0 Å². The van der Waals surface area contributed by atoms with Crippen LogP contribution in [0.5, 0.6) is 0 Å². The minimum absolute atomic E-state index is 0.0876. The number of benzene rings is 2. The molecule has 144 valence electrons. The monoisotopic (exact) mass is 380 g/mol. The fourth-order valence-corrected chi connectivity index (χ4v) is 4.79. The minimum Gasteiger partial charge on any atom is -0.293 e. The quantitative estimate of drug-likeness (QED) is 0.599. The molecule has 2 aromatic rings. The molecule has 0 aromatic heterocycles. The molecule has 5 rings (SSSR count). The average Bonchev–Trinajstić information content (AvgIpc) is 2.96. The van der Waals surface area contributed by atoms with Gasteiger partial charge in [0, 0.05) is 35.8 Å². The molecule has 3 heteroatoms. The zero-order chi connectivity index (χ0) is 19.7. The lowest BCUT2D eigenvalue weighted by atomic mass is 9.68. The van der Waals surface area contributed by atoms with Gasteiger partial charge in [-0.15, -0.1) is 0 Å². The first-order valence-electron chi connectivity index (χ1n) is 10.4. The highest BCUT2D eigenvalue weighted by molar-refractivity contribution is 6.11. The van der Waals surface area contributed by atoms with Crippen LogP contribution in [0, 0.1) is 11.3 Å². The topological polar surface area (TPSA) is 41.8 Å². The van der Waals surface area contributed by atoms with Crippen molar-refractivity contribution in [3.8, 4) is 11.1 Å². The molecule has 2 aromatic carbocycles. The molecule has 2 atom stereocenters. The molecule has 29 heavy (non-hydrogen) atoms. The van der Waals surface area contributed by atoms with Crippen LogP contribution >= 0.6 is 0 Å². The molecule has 3 aliphatic rings. The first-order valence-corrected chi connectivity index (χ1v) is 10.4. The molecule has 1 spiro atoms. The molecule has 2 heterocycles. The molecule has 0 saturated heterocycles. The van der Waals surface area contributed by atoms with Crippen molar-refractivity contribution in [1.82, 2.24) is 0 Å². The Hall–Kier alpha value is -3.07. The number of nitrogens with zero attached hydrogens (tertiary/aromatic N) is 2. The van der Waals surface area contributed by atoms with Crippen LogP contribution in [0.3, 0.4) is 0 Å². The molecular weight excluding hydrogens is 356 g/mol. The number of ketones is 1. The van der Waals surface area contributed by atoms with Crippen LogP contribution < -0.4 is 0 Å². The normalized spacial score (nSPS) is 25.3. The maximum absolute atomic E-state index is 13.3. The Bertz CT molecular complexity index is 1040. The number of hydrogen-bond acceptors (Lipinski definition) is 3. The summed E-state index contributed by atoms with van der Waals surface area (Å²) in [5, 5.41) is 0. The molecule has 2 unspecified atom stereocenters. The van der Waals surface area contributed by atoms with E-state index in [0.29, 0.717) is 6.42 Å². The lowest BCUT2D eigenvalue weighted by Crippen LogP contribution is -2.36. The predicted octanol–water partition coefficient (Wildman–Crippen LogP) is 6.04. The number of hydrogen-bond donors (Lipinski definition) is 0. The van der Waals surface area contributed by atoms with Crippen LogP contribution in [-0.2, 0) is 0 Å². The highest BCUT2D eigenvalue weighted by Gasteiger charge is 2.43. The summed E-state index contributed by atoms with van der Waals surface area (Å²) in [5.74, 6) is -0.133. The van der Waals surface area contributed by atoms with Gasteiger partial charge in [-0.25, -0.2) is 0 Å². The summed E-state index contributed by atoms with van der Waals surface area (Å²) >= 11 is 0. The van der Waals surface area contributed by atoms with Gasteiger partial charge < -0.3 is 0 Å². The van der Waals surface area contributed by atoms with Gasteiger partial charge in [0.15, 0.2) is 5.78 Å². The third-order valence-corrected chi connectivity index (χ3v) is 6.41. The van der Waals surface area contributed by atoms with Gasteiger partial charge in [0.05, 0.1) is 11.3 Å². The van der Waals surface area contributed by atoms with Crippen molar-refractivity contribution in [2.75, 3.05) is 0 Å². The van der Waals surface area contributed by atoms with Crippen LogP contribution in [0.15, 0.2) is 88.6 Å². The molecule has 2 aliphatic heterocycles. The van der Waals surface area contributed by atoms with Crippen LogP contribution in [0.2, 0.25) is 0 Å². The summed E-state index contributed by atoms with van der Waals surface area (Å²) in [4.78, 5) is 22.8. The molecule has 0 amide bonds. The molecular formula is C26H24N2O. The first kappa shape index (κ1) is 18.0. The third-order valence-electron chi connectivity index (χ3n) is 6.41. The average molecular weight is 380 g/mol. The Morgan fingerprint density at radius 3 is 2.62 bits per heavy atom. The van der Waals surface area contributed by atoms with Gasteiger partial charge in [0.2, 0.25) is 0 Å². The lowest BCUT2D eigenvalue weighted by molar-refractivity contribution is 0.0958.